The van der Waals surface area contributed by atoms with Gasteiger partial charge in [0, 0.05) is 19.9 Å². The molecule has 0 bridgehead atoms. The first-order valence-electron chi connectivity index (χ1n) is 17.0. The van der Waals surface area contributed by atoms with E-state index in [1.54, 1.807) is 0 Å². The van der Waals surface area contributed by atoms with Gasteiger partial charge < -0.3 is 20.1 Å². The van der Waals surface area contributed by atoms with Crippen molar-refractivity contribution in [2.45, 2.75) is 168 Å². The third-order valence-electron chi connectivity index (χ3n) is 7.30. The largest absolute Gasteiger partial charge is 0.472 e. The molecule has 0 spiro atoms. The summed E-state index contributed by atoms with van der Waals surface area (Å²) in [5, 5.41) is 0. The molecule has 2 unspecified atom stereocenters. The van der Waals surface area contributed by atoms with E-state index in [-0.39, 0.29) is 26.2 Å². The summed E-state index contributed by atoms with van der Waals surface area (Å²) in [6, 6.07) is 0. The third kappa shape index (κ3) is 30.5. The van der Waals surface area contributed by atoms with Gasteiger partial charge in [-0.25, -0.2) is 4.57 Å². The van der Waals surface area contributed by atoms with Crippen molar-refractivity contribution in [3.05, 3.63) is 0 Å². The van der Waals surface area contributed by atoms with Crippen LogP contribution in [0.5, 0.6) is 0 Å². The quantitative estimate of drug-likeness (QED) is 0.0430. The summed E-state index contributed by atoms with van der Waals surface area (Å²) in [5.74, 6) is -1.01. The molecule has 2 atom stereocenters. The van der Waals surface area contributed by atoms with E-state index >= 15 is 0 Å². The van der Waals surface area contributed by atoms with Gasteiger partial charge in [-0.3, -0.25) is 18.6 Å². The van der Waals surface area contributed by atoms with E-state index in [0.717, 1.165) is 12.8 Å². The highest BCUT2D eigenvalue weighted by atomic mass is 31.2. The lowest BCUT2D eigenvalue weighted by atomic mass is 10.0. The molecule has 0 radical (unpaired) electrons. The van der Waals surface area contributed by atoms with Gasteiger partial charge in [-0.2, -0.15) is 0 Å². The lowest BCUT2D eigenvalue weighted by molar-refractivity contribution is -0.160. The Kier molecular flexibility index (Phi) is 29.3. The summed E-state index contributed by atoms with van der Waals surface area (Å²) >= 11 is 0. The number of esters is 2. The number of phosphoric ester groups is 1. The van der Waals surface area contributed by atoms with E-state index in [0.29, 0.717) is 6.42 Å². The third-order valence-corrected chi connectivity index (χ3v) is 8.29. The molecule has 0 aliphatic rings. The Bertz CT molecular complexity index is 679. The van der Waals surface area contributed by atoms with Crippen LogP contribution in [0, 0.1) is 0 Å². The van der Waals surface area contributed by atoms with Crippen molar-refractivity contribution in [3.63, 3.8) is 0 Å². The van der Waals surface area contributed by atoms with Gasteiger partial charge in [0.25, 0.3) is 0 Å². The number of hydrogen-bond acceptors (Lipinski definition) is 8. The second-order valence-electron chi connectivity index (χ2n) is 11.5. The van der Waals surface area contributed by atoms with Crippen LogP contribution >= 0.6 is 7.82 Å². The number of hydrogen-bond donors (Lipinski definition) is 2. The lowest BCUT2D eigenvalue weighted by Crippen LogP contribution is -2.29. The van der Waals surface area contributed by atoms with E-state index in [9.17, 15) is 19.0 Å². The fourth-order valence-electron chi connectivity index (χ4n) is 4.83. The molecule has 0 aromatic heterocycles. The Labute approximate surface area is 257 Å². The molecule has 42 heavy (non-hydrogen) atoms. The number of unbranched alkanes of at least 4 members (excludes halogenated alkanes) is 21. The van der Waals surface area contributed by atoms with E-state index < -0.39 is 32.5 Å². The lowest BCUT2D eigenvalue weighted by Gasteiger charge is -2.19. The average molecular weight is 622 g/mol. The van der Waals surface area contributed by atoms with Crippen LogP contribution in [0.4, 0.5) is 0 Å². The zero-order valence-electron chi connectivity index (χ0n) is 27.0. The minimum atomic E-state index is -4.33. The van der Waals surface area contributed by atoms with Crippen LogP contribution in [0.1, 0.15) is 162 Å². The highest BCUT2D eigenvalue weighted by molar-refractivity contribution is 7.47. The predicted octanol–water partition coefficient (Wildman–Crippen LogP) is 8.55. The second kappa shape index (κ2) is 30.1. The summed E-state index contributed by atoms with van der Waals surface area (Å²) in [6.07, 6.45) is 28.0. The van der Waals surface area contributed by atoms with Crippen molar-refractivity contribution in [2.75, 3.05) is 26.4 Å². The SMILES string of the molecule is CCCCCCCCCCCCCCCCCCCCCCCCC(=O)OC(COC(C)=O)COP(=O)(O)OCCN. The molecule has 250 valence electrons. The molecule has 0 saturated carbocycles. The van der Waals surface area contributed by atoms with Crippen LogP contribution in [0.15, 0.2) is 0 Å². The first-order valence-corrected chi connectivity index (χ1v) is 18.4. The van der Waals surface area contributed by atoms with Crippen LogP contribution in [0.25, 0.3) is 0 Å². The Morgan fingerprint density at radius 1 is 0.667 bits per heavy atom. The van der Waals surface area contributed by atoms with Crippen molar-refractivity contribution in [1.29, 1.82) is 0 Å². The van der Waals surface area contributed by atoms with Gasteiger partial charge in [-0.1, -0.05) is 142 Å². The Balaban J connectivity index is 3.62. The van der Waals surface area contributed by atoms with Crippen molar-refractivity contribution < 1.29 is 37.6 Å². The fraction of sp³-hybridized carbons (Fsp3) is 0.938. The maximum Gasteiger partial charge on any atom is 0.472 e. The van der Waals surface area contributed by atoms with Crippen LogP contribution in [0.2, 0.25) is 0 Å². The van der Waals surface area contributed by atoms with Crippen molar-refractivity contribution in [2.24, 2.45) is 5.73 Å². The first-order chi connectivity index (χ1) is 20.3. The van der Waals surface area contributed by atoms with Crippen LogP contribution in [-0.2, 0) is 32.7 Å². The Hall–Kier alpha value is -0.990. The monoisotopic (exact) mass is 621 g/mol. The molecule has 0 heterocycles. The standard InChI is InChI=1S/C32H64NO8P/c1-3-4-5-6-7-8-9-10-11-12-13-14-15-16-17-18-19-20-21-22-23-24-25-32(35)41-31(28-38-30(2)34)29-40-42(36,37)39-27-26-33/h31H,3-29,33H2,1-2H3,(H,36,37). The van der Waals surface area contributed by atoms with E-state index in [4.69, 9.17) is 19.7 Å². The number of phosphoric acid groups is 1. The summed E-state index contributed by atoms with van der Waals surface area (Å²) in [5.41, 5.74) is 5.25. The number of carbonyl (C=O) groups is 2. The van der Waals surface area contributed by atoms with Crippen LogP contribution in [-0.4, -0.2) is 49.3 Å². The first kappa shape index (κ1) is 41.0. The maximum atomic E-state index is 12.2. The minimum absolute atomic E-state index is 0.0549. The second-order valence-corrected chi connectivity index (χ2v) is 12.9. The molecule has 10 heteroatoms. The summed E-state index contributed by atoms with van der Waals surface area (Å²) in [4.78, 5) is 32.9. The van der Waals surface area contributed by atoms with Gasteiger partial charge in [0.15, 0.2) is 6.10 Å². The molecule has 0 aliphatic carbocycles. The zero-order chi connectivity index (χ0) is 31.2. The molecule has 9 nitrogen and oxygen atoms in total. The van der Waals surface area contributed by atoms with Crippen molar-refractivity contribution >= 4 is 19.8 Å². The average Bonchev–Trinajstić information content (AvgIpc) is 2.96. The van der Waals surface area contributed by atoms with Crippen LogP contribution in [0.3, 0.4) is 0 Å². The molecule has 0 rings (SSSR count). The summed E-state index contributed by atoms with van der Waals surface area (Å²) in [6.45, 7) is 2.70. The molecule has 0 aromatic carbocycles. The highest BCUT2D eigenvalue weighted by Crippen LogP contribution is 2.43. The van der Waals surface area contributed by atoms with Crippen molar-refractivity contribution in [1.82, 2.24) is 0 Å². The summed E-state index contributed by atoms with van der Waals surface area (Å²) < 4.78 is 31.5. The highest BCUT2D eigenvalue weighted by Gasteiger charge is 2.25. The smallest absolute Gasteiger partial charge is 0.462 e. The van der Waals surface area contributed by atoms with Gasteiger partial charge in [-0.15, -0.1) is 0 Å². The number of ether oxygens (including phenoxy) is 2. The Morgan fingerprint density at radius 3 is 1.45 bits per heavy atom. The van der Waals surface area contributed by atoms with E-state index in [1.165, 1.54) is 129 Å². The van der Waals surface area contributed by atoms with Gasteiger partial charge in [-0.05, 0) is 6.42 Å². The molecule has 0 fully saturated rings. The molecular weight excluding hydrogens is 557 g/mol. The molecular formula is C32H64NO8P. The molecule has 0 aliphatic heterocycles. The number of carbonyl (C=O) groups excluding carboxylic acids is 2. The van der Waals surface area contributed by atoms with Gasteiger partial charge in [0.2, 0.25) is 0 Å². The van der Waals surface area contributed by atoms with Gasteiger partial charge in [0.1, 0.15) is 6.61 Å². The zero-order valence-corrected chi connectivity index (χ0v) is 27.9. The van der Waals surface area contributed by atoms with Gasteiger partial charge >= 0.3 is 19.8 Å². The normalized spacial score (nSPS) is 13.5. The molecule has 0 saturated heterocycles. The molecule has 0 aromatic rings. The number of nitrogens with two attached hydrogens (primary N) is 1. The van der Waals surface area contributed by atoms with E-state index in [2.05, 4.69) is 11.4 Å². The number of rotatable bonds is 32. The predicted molar refractivity (Wildman–Crippen MR) is 169 cm³/mol. The molecule has 0 amide bonds. The topological polar surface area (TPSA) is 134 Å². The van der Waals surface area contributed by atoms with E-state index in [1.807, 2.05) is 0 Å². The summed E-state index contributed by atoms with van der Waals surface area (Å²) in [7, 11) is -4.33. The van der Waals surface area contributed by atoms with Crippen molar-refractivity contribution in [3.8, 4) is 0 Å². The van der Waals surface area contributed by atoms with Crippen LogP contribution < -0.4 is 5.73 Å². The van der Waals surface area contributed by atoms with Gasteiger partial charge in [0.05, 0.1) is 13.2 Å². The Morgan fingerprint density at radius 2 is 1.07 bits per heavy atom. The maximum absolute atomic E-state index is 12.2. The minimum Gasteiger partial charge on any atom is -0.462 e. The fourth-order valence-corrected chi connectivity index (χ4v) is 5.60. The molecule has 3 N–H and O–H groups in total.